The molecule has 0 spiro atoms. The lowest BCUT2D eigenvalue weighted by molar-refractivity contribution is -0.137. The van der Waals surface area contributed by atoms with Crippen LogP contribution in [0.15, 0.2) is 55.0 Å². The zero-order chi connectivity index (χ0) is 23.9. The molecular weight excluding hydrogens is 447 g/mol. The molecule has 1 aliphatic rings. The maximum absolute atomic E-state index is 12.9. The molecule has 11 heteroatoms. The summed E-state index contributed by atoms with van der Waals surface area (Å²) in [5.41, 5.74) is 7.59. The molecule has 0 bridgehead atoms. The predicted octanol–water partition coefficient (Wildman–Crippen LogP) is 4.24. The van der Waals surface area contributed by atoms with E-state index in [4.69, 9.17) is 10.7 Å². The number of fused-ring (bicyclic) bond motifs is 1. The van der Waals surface area contributed by atoms with E-state index in [2.05, 4.69) is 20.2 Å². The molecule has 0 radical (unpaired) electrons. The van der Waals surface area contributed by atoms with Crippen molar-refractivity contribution in [3.63, 3.8) is 0 Å². The monoisotopic (exact) mass is 467 g/mol. The lowest BCUT2D eigenvalue weighted by Gasteiger charge is -2.15. The van der Waals surface area contributed by atoms with Crippen LogP contribution in [0.3, 0.4) is 0 Å². The minimum Gasteiger partial charge on any atom is -0.382 e. The van der Waals surface area contributed by atoms with Crippen molar-refractivity contribution in [3.8, 4) is 11.3 Å². The number of imidazole rings is 1. The third kappa shape index (κ3) is 4.00. The molecule has 1 aromatic carbocycles. The van der Waals surface area contributed by atoms with E-state index >= 15 is 0 Å². The van der Waals surface area contributed by atoms with Gasteiger partial charge >= 0.3 is 6.18 Å². The van der Waals surface area contributed by atoms with Crippen molar-refractivity contribution in [2.45, 2.75) is 19.0 Å². The molecular formula is C23H20F3N7O. The summed E-state index contributed by atoms with van der Waals surface area (Å²) in [4.78, 5) is 27.6. The van der Waals surface area contributed by atoms with Gasteiger partial charge in [-0.2, -0.15) is 13.2 Å². The van der Waals surface area contributed by atoms with Crippen molar-refractivity contribution >= 4 is 29.0 Å². The molecule has 1 fully saturated rings. The van der Waals surface area contributed by atoms with E-state index in [0.29, 0.717) is 17.0 Å². The van der Waals surface area contributed by atoms with Crippen LogP contribution in [0, 0.1) is 0 Å². The Morgan fingerprint density at radius 1 is 1.03 bits per heavy atom. The molecule has 174 valence electrons. The van der Waals surface area contributed by atoms with Crippen LogP contribution in [0.5, 0.6) is 0 Å². The number of benzene rings is 1. The number of carbonyl (C=O) groups is 1. The quantitative estimate of drug-likeness (QED) is 0.466. The number of amides is 1. The van der Waals surface area contributed by atoms with Crippen molar-refractivity contribution in [3.05, 3.63) is 66.1 Å². The fraction of sp³-hybridized carbons (Fsp3) is 0.217. The largest absolute Gasteiger partial charge is 0.416 e. The number of carbonyl (C=O) groups excluding carboxylic acids is 1. The second kappa shape index (κ2) is 8.32. The summed E-state index contributed by atoms with van der Waals surface area (Å²) in [6.07, 6.45) is 2.11. The van der Waals surface area contributed by atoms with E-state index in [-0.39, 0.29) is 11.4 Å². The van der Waals surface area contributed by atoms with Crippen LogP contribution in [0.4, 0.5) is 30.8 Å². The minimum atomic E-state index is -4.53. The highest BCUT2D eigenvalue weighted by Crippen LogP contribution is 2.33. The molecule has 1 amide bonds. The Morgan fingerprint density at radius 2 is 1.76 bits per heavy atom. The molecule has 4 heterocycles. The Bertz CT molecular complexity index is 1360. The Labute approximate surface area is 192 Å². The Hall–Kier alpha value is -4.15. The van der Waals surface area contributed by atoms with Gasteiger partial charge in [-0.1, -0.05) is 12.1 Å². The van der Waals surface area contributed by atoms with Gasteiger partial charge in [0.05, 0.1) is 5.56 Å². The summed E-state index contributed by atoms with van der Waals surface area (Å²) in [6, 6.07) is 8.22. The van der Waals surface area contributed by atoms with E-state index in [1.807, 2.05) is 10.6 Å². The van der Waals surface area contributed by atoms with Gasteiger partial charge in [0.15, 0.2) is 0 Å². The van der Waals surface area contributed by atoms with Gasteiger partial charge in [-0.05, 0) is 37.1 Å². The molecule has 0 atom stereocenters. The number of hydrogen-bond donors (Lipinski definition) is 2. The number of nitrogen functional groups attached to an aromatic ring is 1. The number of aromatic nitrogens is 4. The minimum absolute atomic E-state index is 0.182. The number of anilines is 3. The third-order valence-corrected chi connectivity index (χ3v) is 5.70. The van der Waals surface area contributed by atoms with Gasteiger partial charge < -0.3 is 16.0 Å². The van der Waals surface area contributed by atoms with Crippen LogP contribution >= 0.6 is 0 Å². The summed E-state index contributed by atoms with van der Waals surface area (Å²) in [5.74, 6) is 0.368. The zero-order valence-corrected chi connectivity index (χ0v) is 17.9. The van der Waals surface area contributed by atoms with Gasteiger partial charge in [0.1, 0.15) is 22.8 Å². The van der Waals surface area contributed by atoms with E-state index in [1.54, 1.807) is 30.5 Å². The first-order valence-corrected chi connectivity index (χ1v) is 10.6. The topological polar surface area (TPSA) is 101 Å². The van der Waals surface area contributed by atoms with E-state index in [0.717, 1.165) is 55.8 Å². The van der Waals surface area contributed by atoms with E-state index < -0.39 is 17.6 Å². The van der Waals surface area contributed by atoms with Crippen molar-refractivity contribution < 1.29 is 18.0 Å². The highest BCUT2D eigenvalue weighted by atomic mass is 19.4. The SMILES string of the molecule is Nc1nccn2c(N3CCCC3)nc(-c3ccc(C(=O)Nc4cc(C(F)(F)F)ccn4)cc3)c12. The van der Waals surface area contributed by atoms with E-state index in [1.165, 1.54) is 0 Å². The number of alkyl halides is 3. The van der Waals surface area contributed by atoms with Crippen LogP contribution in [-0.4, -0.2) is 38.3 Å². The molecule has 0 unspecified atom stereocenters. The second-order valence-electron chi connectivity index (χ2n) is 7.94. The normalized spacial score (nSPS) is 14.0. The van der Waals surface area contributed by atoms with Gasteiger partial charge in [0.25, 0.3) is 5.91 Å². The van der Waals surface area contributed by atoms with Crippen LogP contribution in [-0.2, 0) is 6.18 Å². The van der Waals surface area contributed by atoms with Gasteiger partial charge in [-0.3, -0.25) is 9.20 Å². The lowest BCUT2D eigenvalue weighted by atomic mass is 10.1. The maximum Gasteiger partial charge on any atom is 0.416 e. The summed E-state index contributed by atoms with van der Waals surface area (Å²) < 4.78 is 40.6. The molecule has 5 rings (SSSR count). The van der Waals surface area contributed by atoms with Crippen molar-refractivity contribution in [1.82, 2.24) is 19.4 Å². The fourth-order valence-electron chi connectivity index (χ4n) is 4.03. The molecule has 1 saturated heterocycles. The van der Waals surface area contributed by atoms with Gasteiger partial charge in [0.2, 0.25) is 5.95 Å². The molecule has 0 aliphatic carbocycles. The number of halogens is 3. The van der Waals surface area contributed by atoms with Crippen molar-refractivity contribution in [1.29, 1.82) is 0 Å². The van der Waals surface area contributed by atoms with Gasteiger partial charge in [-0.15, -0.1) is 0 Å². The Kier molecular flexibility index (Phi) is 5.31. The van der Waals surface area contributed by atoms with E-state index in [9.17, 15) is 18.0 Å². The van der Waals surface area contributed by atoms with Gasteiger partial charge in [0, 0.05) is 42.8 Å². The second-order valence-corrected chi connectivity index (χ2v) is 7.94. The molecule has 4 aromatic rings. The van der Waals surface area contributed by atoms with Crippen LogP contribution in [0.1, 0.15) is 28.8 Å². The Morgan fingerprint density at radius 3 is 2.47 bits per heavy atom. The fourth-order valence-corrected chi connectivity index (χ4v) is 4.03. The molecule has 1 aliphatic heterocycles. The predicted molar refractivity (Wildman–Crippen MR) is 121 cm³/mol. The summed E-state index contributed by atoms with van der Waals surface area (Å²) in [6.45, 7) is 1.81. The molecule has 3 N–H and O–H groups in total. The average molecular weight is 467 g/mol. The first-order chi connectivity index (χ1) is 16.3. The number of nitrogens with two attached hydrogens (primary N) is 1. The zero-order valence-electron chi connectivity index (χ0n) is 17.9. The first kappa shape index (κ1) is 21.7. The Balaban J connectivity index is 1.43. The molecule has 3 aromatic heterocycles. The number of nitrogens with one attached hydrogen (secondary N) is 1. The van der Waals surface area contributed by atoms with Crippen LogP contribution < -0.4 is 16.0 Å². The average Bonchev–Trinajstić information content (AvgIpc) is 3.47. The number of hydrogen-bond acceptors (Lipinski definition) is 6. The summed E-state index contributed by atoms with van der Waals surface area (Å²) >= 11 is 0. The summed E-state index contributed by atoms with van der Waals surface area (Å²) in [7, 11) is 0. The van der Waals surface area contributed by atoms with Gasteiger partial charge in [-0.25, -0.2) is 15.0 Å². The maximum atomic E-state index is 12.9. The molecule has 0 saturated carbocycles. The number of nitrogens with zero attached hydrogens (tertiary/aromatic N) is 5. The summed E-state index contributed by atoms with van der Waals surface area (Å²) in [5, 5.41) is 2.40. The lowest BCUT2D eigenvalue weighted by Crippen LogP contribution is -2.20. The standard InChI is InChI=1S/C23H20F3N7O/c24-23(25,26)16-7-8-28-17(13-16)30-21(34)15-5-3-14(4-6-15)18-19-20(27)29-9-12-33(19)22(31-18)32-10-1-2-11-32/h3-9,12-13H,1-2,10-11H2,(H2,27,29)(H,28,30,34). The van der Waals surface area contributed by atoms with Crippen molar-refractivity contribution in [2.24, 2.45) is 0 Å². The van der Waals surface area contributed by atoms with Crippen LogP contribution in [0.2, 0.25) is 0 Å². The molecule has 8 nitrogen and oxygen atoms in total. The third-order valence-electron chi connectivity index (χ3n) is 5.70. The highest BCUT2D eigenvalue weighted by molar-refractivity contribution is 6.04. The van der Waals surface area contributed by atoms with Crippen LogP contribution in [0.25, 0.3) is 16.8 Å². The molecule has 34 heavy (non-hydrogen) atoms. The van der Waals surface area contributed by atoms with Crippen molar-refractivity contribution in [2.75, 3.05) is 29.0 Å². The highest BCUT2D eigenvalue weighted by Gasteiger charge is 2.31. The number of rotatable bonds is 4. The smallest absolute Gasteiger partial charge is 0.382 e. The number of pyridine rings is 1. The first-order valence-electron chi connectivity index (χ1n) is 10.6.